The highest BCUT2D eigenvalue weighted by Crippen LogP contribution is 2.54. The van der Waals surface area contributed by atoms with Crippen molar-refractivity contribution in [2.24, 2.45) is 0 Å². The number of fused-ring (bicyclic) bond motifs is 10. The van der Waals surface area contributed by atoms with Crippen molar-refractivity contribution in [1.29, 1.82) is 0 Å². The minimum Gasteiger partial charge on any atom is -0.285 e. The Kier molecular flexibility index (Phi) is 4.29. The monoisotopic (exact) mass is 514 g/mol. The topological polar surface area (TPSA) is 17.8 Å². The van der Waals surface area contributed by atoms with E-state index in [2.05, 4.69) is 132 Å². The van der Waals surface area contributed by atoms with E-state index in [0.717, 1.165) is 10.6 Å². The molecule has 0 N–H and O–H groups in total. The van der Waals surface area contributed by atoms with E-state index in [4.69, 9.17) is 4.98 Å². The van der Waals surface area contributed by atoms with Gasteiger partial charge in [0.05, 0.1) is 21.3 Å². The SMILES string of the molecule is c1ccc(C2c3ccc4ccccc4c3-c3c2ccc2c3c3ccccc3n2-c2nc3ccccc3s2)cc1. The fraction of sp³-hybridized carbons (Fsp3) is 0.0278. The van der Waals surface area contributed by atoms with Crippen LogP contribution in [-0.4, -0.2) is 9.55 Å². The summed E-state index contributed by atoms with van der Waals surface area (Å²) >= 11 is 1.76. The van der Waals surface area contributed by atoms with Gasteiger partial charge in [-0.3, -0.25) is 4.57 Å². The number of thiazole rings is 1. The van der Waals surface area contributed by atoms with Gasteiger partial charge in [0.25, 0.3) is 0 Å². The second-order valence-corrected chi connectivity index (χ2v) is 11.3. The molecule has 39 heavy (non-hydrogen) atoms. The van der Waals surface area contributed by atoms with Gasteiger partial charge in [0, 0.05) is 16.7 Å². The van der Waals surface area contributed by atoms with E-state index in [1.54, 1.807) is 11.3 Å². The maximum Gasteiger partial charge on any atom is 0.195 e. The maximum absolute atomic E-state index is 5.09. The molecule has 1 unspecified atom stereocenters. The number of para-hydroxylation sites is 2. The van der Waals surface area contributed by atoms with E-state index in [1.165, 1.54) is 65.1 Å². The summed E-state index contributed by atoms with van der Waals surface area (Å²) in [5, 5.41) is 6.20. The molecule has 1 aliphatic rings. The fourth-order valence-electron chi connectivity index (χ4n) is 6.73. The normalized spacial score (nSPS) is 14.4. The summed E-state index contributed by atoms with van der Waals surface area (Å²) in [6.07, 6.45) is 0. The average molecular weight is 515 g/mol. The van der Waals surface area contributed by atoms with Crippen LogP contribution in [0.5, 0.6) is 0 Å². The molecular formula is C36H22N2S. The molecule has 1 atom stereocenters. The van der Waals surface area contributed by atoms with Crippen molar-refractivity contribution in [2.75, 3.05) is 0 Å². The second kappa shape index (κ2) is 7.89. The molecule has 2 aromatic heterocycles. The van der Waals surface area contributed by atoms with Gasteiger partial charge in [-0.25, -0.2) is 4.98 Å². The number of hydrogen-bond donors (Lipinski definition) is 0. The summed E-state index contributed by atoms with van der Waals surface area (Å²) in [6, 6.07) is 46.4. The van der Waals surface area contributed by atoms with Crippen LogP contribution in [-0.2, 0) is 0 Å². The summed E-state index contributed by atoms with van der Waals surface area (Å²) in [5.74, 6) is 0.203. The molecule has 1 aliphatic carbocycles. The average Bonchev–Trinajstić information content (AvgIpc) is 3.67. The summed E-state index contributed by atoms with van der Waals surface area (Å²) in [6.45, 7) is 0. The Morgan fingerprint density at radius 3 is 2.18 bits per heavy atom. The Hall–Kier alpha value is -4.73. The number of aromatic nitrogens is 2. The predicted molar refractivity (Wildman–Crippen MR) is 164 cm³/mol. The number of rotatable bonds is 2. The Morgan fingerprint density at radius 2 is 1.28 bits per heavy atom. The molecule has 0 aliphatic heterocycles. The Morgan fingerprint density at radius 1 is 0.564 bits per heavy atom. The Bertz CT molecular complexity index is 2200. The number of benzene rings is 6. The molecule has 0 fully saturated rings. The van der Waals surface area contributed by atoms with Crippen LogP contribution >= 0.6 is 11.3 Å². The van der Waals surface area contributed by atoms with E-state index in [-0.39, 0.29) is 5.92 Å². The molecular weight excluding hydrogens is 492 g/mol. The van der Waals surface area contributed by atoms with Crippen molar-refractivity contribution in [2.45, 2.75) is 5.92 Å². The second-order valence-electron chi connectivity index (χ2n) is 10.3. The number of nitrogens with zero attached hydrogens (tertiary/aromatic N) is 2. The molecule has 182 valence electrons. The van der Waals surface area contributed by atoms with Gasteiger partial charge < -0.3 is 0 Å². The van der Waals surface area contributed by atoms with E-state index in [9.17, 15) is 0 Å². The first-order valence-electron chi connectivity index (χ1n) is 13.4. The lowest BCUT2D eigenvalue weighted by molar-refractivity contribution is 1.02. The molecule has 0 radical (unpaired) electrons. The molecule has 2 nitrogen and oxygen atoms in total. The molecule has 6 aromatic carbocycles. The summed E-state index contributed by atoms with van der Waals surface area (Å²) in [5.41, 5.74) is 10.3. The summed E-state index contributed by atoms with van der Waals surface area (Å²) < 4.78 is 3.58. The lowest BCUT2D eigenvalue weighted by Crippen LogP contribution is -1.99. The first kappa shape index (κ1) is 21.2. The first-order chi connectivity index (χ1) is 19.4. The molecule has 3 heteroatoms. The van der Waals surface area contributed by atoms with Gasteiger partial charge in [0.2, 0.25) is 0 Å². The minimum atomic E-state index is 0.203. The van der Waals surface area contributed by atoms with E-state index >= 15 is 0 Å². The number of hydrogen-bond acceptors (Lipinski definition) is 2. The van der Waals surface area contributed by atoms with Crippen molar-refractivity contribution >= 4 is 54.1 Å². The molecule has 0 spiro atoms. The zero-order chi connectivity index (χ0) is 25.5. The fourth-order valence-corrected chi connectivity index (χ4v) is 7.72. The third-order valence-electron chi connectivity index (χ3n) is 8.31. The standard InChI is InChI=1S/C36H22N2S/c1-2-11-23(12-3-1)32-26-19-18-22-10-4-5-13-24(22)33(26)35-27(32)20-21-30-34(35)25-14-6-8-16-29(25)38(30)36-37-28-15-7-9-17-31(28)39-36/h1-21,32H. The molecule has 0 saturated carbocycles. The predicted octanol–water partition coefficient (Wildman–Crippen LogP) is 9.71. The van der Waals surface area contributed by atoms with E-state index in [1.807, 2.05) is 0 Å². The van der Waals surface area contributed by atoms with Crippen molar-refractivity contribution in [3.63, 3.8) is 0 Å². The molecule has 8 aromatic rings. The van der Waals surface area contributed by atoms with Crippen molar-refractivity contribution < 1.29 is 0 Å². The van der Waals surface area contributed by atoms with Gasteiger partial charge in [0.1, 0.15) is 0 Å². The van der Waals surface area contributed by atoms with Crippen LogP contribution in [0.25, 0.3) is 59.1 Å². The maximum atomic E-state index is 5.09. The minimum absolute atomic E-state index is 0.203. The van der Waals surface area contributed by atoms with Crippen molar-refractivity contribution in [1.82, 2.24) is 9.55 Å². The third kappa shape index (κ3) is 2.88. The Balaban J connectivity index is 1.46. The quantitative estimate of drug-likeness (QED) is 0.224. The largest absolute Gasteiger partial charge is 0.285 e. The highest BCUT2D eigenvalue weighted by atomic mass is 32.1. The van der Waals surface area contributed by atoms with Crippen LogP contribution in [0.4, 0.5) is 0 Å². The Labute approximate surface area is 229 Å². The zero-order valence-corrected chi connectivity index (χ0v) is 21.8. The van der Waals surface area contributed by atoms with Crippen LogP contribution in [0, 0.1) is 0 Å². The smallest absolute Gasteiger partial charge is 0.195 e. The third-order valence-corrected chi connectivity index (χ3v) is 9.33. The highest BCUT2D eigenvalue weighted by Gasteiger charge is 2.34. The van der Waals surface area contributed by atoms with Crippen molar-refractivity contribution in [3.8, 4) is 16.3 Å². The van der Waals surface area contributed by atoms with E-state index in [0.29, 0.717) is 0 Å². The summed E-state index contributed by atoms with van der Waals surface area (Å²) in [7, 11) is 0. The first-order valence-corrected chi connectivity index (χ1v) is 14.2. The zero-order valence-electron chi connectivity index (χ0n) is 21.0. The van der Waals surface area contributed by atoms with Gasteiger partial charge in [-0.15, -0.1) is 0 Å². The lowest BCUT2D eigenvalue weighted by Gasteiger charge is -2.14. The molecule has 0 amide bonds. The van der Waals surface area contributed by atoms with Gasteiger partial charge >= 0.3 is 0 Å². The van der Waals surface area contributed by atoms with Gasteiger partial charge in [0.15, 0.2) is 5.13 Å². The van der Waals surface area contributed by atoms with Crippen LogP contribution in [0.3, 0.4) is 0 Å². The molecule has 2 heterocycles. The van der Waals surface area contributed by atoms with E-state index < -0.39 is 0 Å². The van der Waals surface area contributed by atoms with Gasteiger partial charge in [-0.05, 0) is 62.9 Å². The van der Waals surface area contributed by atoms with Crippen LogP contribution in [0.15, 0.2) is 127 Å². The van der Waals surface area contributed by atoms with Gasteiger partial charge in [-0.2, -0.15) is 0 Å². The molecule has 9 rings (SSSR count). The van der Waals surface area contributed by atoms with Crippen LogP contribution in [0.1, 0.15) is 22.6 Å². The molecule has 0 bridgehead atoms. The van der Waals surface area contributed by atoms with Crippen LogP contribution < -0.4 is 0 Å². The molecule has 0 saturated heterocycles. The lowest BCUT2D eigenvalue weighted by atomic mass is 9.88. The summed E-state index contributed by atoms with van der Waals surface area (Å²) in [4.78, 5) is 5.09. The van der Waals surface area contributed by atoms with Crippen molar-refractivity contribution in [3.05, 3.63) is 144 Å². The van der Waals surface area contributed by atoms with Gasteiger partial charge in [-0.1, -0.05) is 114 Å². The highest BCUT2D eigenvalue weighted by molar-refractivity contribution is 7.20. The van der Waals surface area contributed by atoms with Crippen LogP contribution in [0.2, 0.25) is 0 Å².